The lowest BCUT2D eigenvalue weighted by molar-refractivity contribution is -0.384. The molecule has 1 aromatic heterocycles. The van der Waals surface area contributed by atoms with Crippen molar-refractivity contribution in [3.8, 4) is 0 Å². The molecule has 0 atom stereocenters. The third-order valence-corrected chi connectivity index (χ3v) is 3.53. The van der Waals surface area contributed by atoms with Gasteiger partial charge < -0.3 is 4.57 Å². The SMILES string of the molecule is CCn1cnn(CN(C)Cc2cccc([N+](=O)[O-])c2)c1=S. The number of aryl methyl sites for hydroxylation is 1. The average molecular weight is 307 g/mol. The molecule has 7 nitrogen and oxygen atoms in total. The van der Waals surface area contributed by atoms with Gasteiger partial charge in [0.2, 0.25) is 0 Å². The first-order chi connectivity index (χ1) is 10.0. The number of nitrogens with zero attached hydrogens (tertiary/aromatic N) is 5. The molecule has 8 heteroatoms. The topological polar surface area (TPSA) is 69.1 Å². The lowest BCUT2D eigenvalue weighted by atomic mass is 10.2. The van der Waals surface area contributed by atoms with Gasteiger partial charge in [-0.15, -0.1) is 0 Å². The minimum Gasteiger partial charge on any atom is -0.307 e. The monoisotopic (exact) mass is 307 g/mol. The molecule has 2 rings (SSSR count). The van der Waals surface area contributed by atoms with Crippen LogP contribution in [-0.4, -0.2) is 31.2 Å². The van der Waals surface area contributed by atoms with Crippen LogP contribution in [0.1, 0.15) is 12.5 Å². The van der Waals surface area contributed by atoms with Crippen LogP contribution in [0.3, 0.4) is 0 Å². The molecule has 0 saturated carbocycles. The number of nitro benzene ring substituents is 1. The summed E-state index contributed by atoms with van der Waals surface area (Å²) in [5.41, 5.74) is 0.987. The molecular weight excluding hydrogens is 290 g/mol. The molecule has 0 aliphatic rings. The van der Waals surface area contributed by atoms with E-state index < -0.39 is 0 Å². The highest BCUT2D eigenvalue weighted by Gasteiger charge is 2.09. The van der Waals surface area contributed by atoms with Gasteiger partial charge in [0.25, 0.3) is 5.69 Å². The normalized spacial score (nSPS) is 11.0. The zero-order chi connectivity index (χ0) is 15.4. The van der Waals surface area contributed by atoms with E-state index >= 15 is 0 Å². The van der Waals surface area contributed by atoms with Crippen LogP contribution < -0.4 is 0 Å². The molecule has 0 N–H and O–H groups in total. The highest BCUT2D eigenvalue weighted by molar-refractivity contribution is 7.71. The molecule has 1 aromatic carbocycles. The second kappa shape index (κ2) is 6.59. The second-order valence-electron chi connectivity index (χ2n) is 4.78. The van der Waals surface area contributed by atoms with Crippen LogP contribution in [-0.2, 0) is 19.8 Å². The van der Waals surface area contributed by atoms with E-state index in [0.29, 0.717) is 18.0 Å². The molecule has 0 saturated heterocycles. The Labute approximate surface area is 127 Å². The molecule has 0 spiro atoms. The molecule has 0 radical (unpaired) electrons. The van der Waals surface area contributed by atoms with Crippen molar-refractivity contribution in [3.63, 3.8) is 0 Å². The molecule has 0 unspecified atom stereocenters. The third kappa shape index (κ3) is 3.73. The fourth-order valence-corrected chi connectivity index (χ4v) is 2.33. The van der Waals surface area contributed by atoms with Gasteiger partial charge in [-0.05, 0) is 31.8 Å². The Morgan fingerprint density at radius 3 is 2.86 bits per heavy atom. The van der Waals surface area contributed by atoms with Crippen molar-refractivity contribution in [1.29, 1.82) is 0 Å². The molecule has 0 aliphatic carbocycles. The molecule has 0 aliphatic heterocycles. The first-order valence-corrected chi connectivity index (χ1v) is 6.96. The Morgan fingerprint density at radius 1 is 1.48 bits per heavy atom. The fourth-order valence-electron chi connectivity index (χ4n) is 2.04. The van der Waals surface area contributed by atoms with Gasteiger partial charge in [-0.25, -0.2) is 4.68 Å². The van der Waals surface area contributed by atoms with Gasteiger partial charge in [0.1, 0.15) is 6.33 Å². The van der Waals surface area contributed by atoms with E-state index in [1.54, 1.807) is 23.1 Å². The van der Waals surface area contributed by atoms with Gasteiger partial charge in [0.05, 0.1) is 11.6 Å². The fraction of sp³-hybridized carbons (Fsp3) is 0.385. The van der Waals surface area contributed by atoms with E-state index in [1.165, 1.54) is 6.07 Å². The van der Waals surface area contributed by atoms with Crippen molar-refractivity contribution in [1.82, 2.24) is 19.2 Å². The molecule has 0 amide bonds. The summed E-state index contributed by atoms with van der Waals surface area (Å²) < 4.78 is 4.29. The maximum absolute atomic E-state index is 10.8. The molecule has 0 fully saturated rings. The lowest BCUT2D eigenvalue weighted by Crippen LogP contribution is -2.22. The van der Waals surface area contributed by atoms with Gasteiger partial charge in [-0.1, -0.05) is 12.1 Å². The Hall–Kier alpha value is -2.06. The molecule has 2 aromatic rings. The highest BCUT2D eigenvalue weighted by Crippen LogP contribution is 2.14. The summed E-state index contributed by atoms with van der Waals surface area (Å²) in [7, 11) is 1.92. The van der Waals surface area contributed by atoms with Gasteiger partial charge in [-0.2, -0.15) is 5.10 Å². The zero-order valence-electron chi connectivity index (χ0n) is 12.0. The van der Waals surface area contributed by atoms with Crippen LogP contribution in [0.25, 0.3) is 0 Å². The van der Waals surface area contributed by atoms with Crippen molar-refractivity contribution < 1.29 is 4.92 Å². The summed E-state index contributed by atoms with van der Waals surface area (Å²) in [6, 6.07) is 6.63. The largest absolute Gasteiger partial charge is 0.307 e. The van der Waals surface area contributed by atoms with E-state index in [9.17, 15) is 10.1 Å². The van der Waals surface area contributed by atoms with Crippen molar-refractivity contribution in [2.24, 2.45) is 0 Å². The molecule has 0 bridgehead atoms. The Balaban J connectivity index is 2.06. The van der Waals surface area contributed by atoms with Crippen LogP contribution in [0.15, 0.2) is 30.6 Å². The minimum atomic E-state index is -0.386. The first kappa shape index (κ1) is 15.3. The maximum atomic E-state index is 10.8. The van der Waals surface area contributed by atoms with Crippen molar-refractivity contribution in [2.75, 3.05) is 7.05 Å². The van der Waals surface area contributed by atoms with E-state index in [1.807, 2.05) is 29.5 Å². The zero-order valence-corrected chi connectivity index (χ0v) is 12.8. The predicted octanol–water partition coefficient (Wildman–Crippen LogP) is 2.43. The van der Waals surface area contributed by atoms with Gasteiger partial charge in [-0.3, -0.25) is 15.0 Å². The number of non-ortho nitro benzene ring substituents is 1. The van der Waals surface area contributed by atoms with Crippen LogP contribution >= 0.6 is 12.2 Å². The number of rotatable bonds is 6. The van der Waals surface area contributed by atoms with E-state index in [2.05, 4.69) is 5.10 Å². The van der Waals surface area contributed by atoms with Gasteiger partial charge >= 0.3 is 0 Å². The number of hydrogen-bond donors (Lipinski definition) is 0. The summed E-state index contributed by atoms with van der Waals surface area (Å²) in [6.45, 7) is 3.92. The predicted molar refractivity (Wildman–Crippen MR) is 81.3 cm³/mol. The molecule has 1 heterocycles. The molecule has 112 valence electrons. The van der Waals surface area contributed by atoms with Crippen molar-refractivity contribution in [3.05, 3.63) is 51.0 Å². The van der Waals surface area contributed by atoms with Gasteiger partial charge in [0.15, 0.2) is 4.77 Å². The van der Waals surface area contributed by atoms with E-state index in [0.717, 1.165) is 12.1 Å². The Kier molecular flexibility index (Phi) is 4.81. The second-order valence-corrected chi connectivity index (χ2v) is 5.15. The smallest absolute Gasteiger partial charge is 0.269 e. The van der Waals surface area contributed by atoms with Crippen LogP contribution in [0.2, 0.25) is 0 Å². The van der Waals surface area contributed by atoms with E-state index in [4.69, 9.17) is 12.2 Å². The third-order valence-electron chi connectivity index (χ3n) is 3.09. The van der Waals surface area contributed by atoms with Crippen LogP contribution in [0, 0.1) is 14.9 Å². The molecule has 21 heavy (non-hydrogen) atoms. The van der Waals surface area contributed by atoms with E-state index in [-0.39, 0.29) is 10.6 Å². The maximum Gasteiger partial charge on any atom is 0.269 e. The average Bonchev–Trinajstić information content (AvgIpc) is 2.79. The molecular formula is C13H17N5O2S. The number of hydrogen-bond acceptors (Lipinski definition) is 5. The van der Waals surface area contributed by atoms with Crippen molar-refractivity contribution >= 4 is 17.9 Å². The van der Waals surface area contributed by atoms with Crippen LogP contribution in [0.4, 0.5) is 5.69 Å². The summed E-state index contributed by atoms with van der Waals surface area (Å²) >= 11 is 5.31. The quantitative estimate of drug-likeness (QED) is 0.466. The Morgan fingerprint density at radius 2 is 2.24 bits per heavy atom. The van der Waals surface area contributed by atoms with Gasteiger partial charge in [0, 0.05) is 25.2 Å². The lowest BCUT2D eigenvalue weighted by Gasteiger charge is -2.16. The number of aromatic nitrogens is 3. The Bertz CT molecular complexity index is 694. The summed E-state index contributed by atoms with van der Waals surface area (Å²) in [6.07, 6.45) is 1.71. The highest BCUT2D eigenvalue weighted by atomic mass is 32.1. The van der Waals surface area contributed by atoms with Crippen LogP contribution in [0.5, 0.6) is 0 Å². The summed E-state index contributed by atoms with van der Waals surface area (Å²) in [4.78, 5) is 12.4. The minimum absolute atomic E-state index is 0.104. The summed E-state index contributed by atoms with van der Waals surface area (Å²) in [5, 5.41) is 15.0. The number of benzene rings is 1. The summed E-state index contributed by atoms with van der Waals surface area (Å²) in [5.74, 6) is 0. The van der Waals surface area contributed by atoms with Crippen molar-refractivity contribution in [2.45, 2.75) is 26.7 Å². The first-order valence-electron chi connectivity index (χ1n) is 6.55. The number of nitro groups is 1. The standard InChI is InChI=1S/C13H17N5O2S/c1-3-16-9-14-17(13(16)21)10-15(2)8-11-5-4-6-12(7-11)18(19)20/h4-7,9H,3,8,10H2,1-2H3.